The number of amides is 1. The van der Waals surface area contributed by atoms with Gasteiger partial charge in [0.2, 0.25) is 0 Å². The van der Waals surface area contributed by atoms with Gasteiger partial charge >= 0.3 is 6.09 Å². The smallest absolute Gasteiger partial charge is 0.410 e. The molecule has 5 heteroatoms. The van der Waals surface area contributed by atoms with Crippen LogP contribution in [-0.2, 0) is 14.2 Å². The Labute approximate surface area is 149 Å². The molecule has 2 atom stereocenters. The SMILES string of the molecule is Cc1ccc([C@H](C)N2CC[C@]3(CCCC4(C3)OCCO4)OC2=O)cc1. The summed E-state index contributed by atoms with van der Waals surface area (Å²) in [4.78, 5) is 14.6. The van der Waals surface area contributed by atoms with Crippen LogP contribution < -0.4 is 0 Å². The molecule has 4 rings (SSSR count). The minimum atomic E-state index is -0.525. The van der Waals surface area contributed by atoms with Crippen LogP contribution in [0, 0.1) is 6.92 Å². The van der Waals surface area contributed by atoms with Crippen LogP contribution in [0.25, 0.3) is 0 Å². The summed E-state index contributed by atoms with van der Waals surface area (Å²) in [6, 6.07) is 8.37. The number of carbonyl (C=O) groups is 1. The van der Waals surface area contributed by atoms with Gasteiger partial charge in [-0.2, -0.15) is 0 Å². The van der Waals surface area contributed by atoms with Crippen LogP contribution in [0.5, 0.6) is 0 Å². The van der Waals surface area contributed by atoms with E-state index in [0.717, 1.165) is 31.2 Å². The molecule has 1 amide bonds. The molecule has 1 aromatic carbocycles. The quantitative estimate of drug-likeness (QED) is 0.814. The molecule has 3 aliphatic rings. The molecule has 1 aromatic rings. The summed E-state index contributed by atoms with van der Waals surface area (Å²) in [5, 5.41) is 0. The van der Waals surface area contributed by atoms with Gasteiger partial charge in [0.15, 0.2) is 5.79 Å². The molecule has 1 saturated carbocycles. The average molecular weight is 345 g/mol. The number of carbonyl (C=O) groups excluding carboxylic acids is 1. The van der Waals surface area contributed by atoms with Crippen molar-refractivity contribution in [1.29, 1.82) is 0 Å². The van der Waals surface area contributed by atoms with Crippen LogP contribution in [0.4, 0.5) is 4.79 Å². The number of ether oxygens (including phenoxy) is 3. The van der Waals surface area contributed by atoms with Crippen LogP contribution in [0.3, 0.4) is 0 Å². The lowest BCUT2D eigenvalue weighted by molar-refractivity contribution is -0.225. The first-order valence-corrected chi connectivity index (χ1v) is 9.35. The van der Waals surface area contributed by atoms with Crippen LogP contribution in [-0.4, -0.2) is 42.1 Å². The third kappa shape index (κ3) is 3.15. The van der Waals surface area contributed by atoms with E-state index >= 15 is 0 Å². The van der Waals surface area contributed by atoms with Crippen molar-refractivity contribution in [2.24, 2.45) is 0 Å². The Morgan fingerprint density at radius 3 is 2.48 bits per heavy atom. The van der Waals surface area contributed by atoms with Crippen molar-refractivity contribution < 1.29 is 19.0 Å². The number of rotatable bonds is 2. The van der Waals surface area contributed by atoms with Gasteiger partial charge in [0.25, 0.3) is 0 Å². The number of nitrogens with zero attached hydrogens (tertiary/aromatic N) is 1. The highest BCUT2D eigenvalue weighted by Gasteiger charge is 2.53. The largest absolute Gasteiger partial charge is 0.442 e. The predicted octanol–water partition coefficient (Wildman–Crippen LogP) is 3.95. The average Bonchev–Trinajstić information content (AvgIpc) is 3.02. The van der Waals surface area contributed by atoms with Gasteiger partial charge in [-0.3, -0.25) is 0 Å². The van der Waals surface area contributed by atoms with Crippen LogP contribution in [0.15, 0.2) is 24.3 Å². The van der Waals surface area contributed by atoms with Crippen LogP contribution in [0.2, 0.25) is 0 Å². The van der Waals surface area contributed by atoms with Crippen molar-refractivity contribution >= 4 is 6.09 Å². The van der Waals surface area contributed by atoms with E-state index in [1.165, 1.54) is 5.56 Å². The number of hydrogen-bond donors (Lipinski definition) is 0. The molecular weight excluding hydrogens is 318 g/mol. The minimum absolute atomic E-state index is 0.0157. The zero-order valence-corrected chi connectivity index (χ0v) is 15.1. The first kappa shape index (κ1) is 16.9. The van der Waals surface area contributed by atoms with Gasteiger partial charge in [-0.25, -0.2) is 4.79 Å². The lowest BCUT2D eigenvalue weighted by Gasteiger charge is -2.48. The van der Waals surface area contributed by atoms with Gasteiger partial charge in [0.05, 0.1) is 19.3 Å². The number of benzene rings is 1. The monoisotopic (exact) mass is 345 g/mol. The summed E-state index contributed by atoms with van der Waals surface area (Å²) < 4.78 is 17.8. The van der Waals surface area contributed by atoms with Crippen molar-refractivity contribution in [2.75, 3.05) is 19.8 Å². The molecule has 2 saturated heterocycles. The van der Waals surface area contributed by atoms with Crippen molar-refractivity contribution in [2.45, 2.75) is 63.4 Å². The highest BCUT2D eigenvalue weighted by atomic mass is 16.7. The molecule has 25 heavy (non-hydrogen) atoms. The third-order valence-electron chi connectivity index (χ3n) is 5.97. The number of hydrogen-bond acceptors (Lipinski definition) is 4. The molecule has 2 heterocycles. The van der Waals surface area contributed by atoms with E-state index in [0.29, 0.717) is 26.2 Å². The van der Waals surface area contributed by atoms with E-state index in [9.17, 15) is 4.79 Å². The molecule has 3 fully saturated rings. The summed E-state index contributed by atoms with van der Waals surface area (Å²) in [7, 11) is 0. The Morgan fingerprint density at radius 2 is 1.80 bits per heavy atom. The van der Waals surface area contributed by atoms with Gasteiger partial charge in [0.1, 0.15) is 5.60 Å². The maximum Gasteiger partial charge on any atom is 0.410 e. The Kier molecular flexibility index (Phi) is 4.24. The summed E-state index contributed by atoms with van der Waals surface area (Å²) >= 11 is 0. The maximum atomic E-state index is 12.8. The summed E-state index contributed by atoms with van der Waals surface area (Å²) in [5.74, 6) is -0.525. The Bertz CT molecular complexity index is 638. The molecule has 2 spiro atoms. The molecule has 0 radical (unpaired) electrons. The first-order chi connectivity index (χ1) is 12.0. The van der Waals surface area contributed by atoms with E-state index in [2.05, 4.69) is 38.1 Å². The van der Waals surface area contributed by atoms with Gasteiger partial charge in [-0.1, -0.05) is 29.8 Å². The predicted molar refractivity (Wildman–Crippen MR) is 93.2 cm³/mol. The van der Waals surface area contributed by atoms with Gasteiger partial charge in [-0.15, -0.1) is 0 Å². The van der Waals surface area contributed by atoms with E-state index in [4.69, 9.17) is 14.2 Å². The zero-order chi connectivity index (χ0) is 17.5. The second-order valence-electron chi connectivity index (χ2n) is 7.72. The molecular formula is C20H27NO4. The van der Waals surface area contributed by atoms with Crippen molar-refractivity contribution in [1.82, 2.24) is 4.90 Å². The van der Waals surface area contributed by atoms with Gasteiger partial charge < -0.3 is 19.1 Å². The maximum absolute atomic E-state index is 12.8. The Morgan fingerprint density at radius 1 is 1.08 bits per heavy atom. The second-order valence-corrected chi connectivity index (χ2v) is 7.72. The molecule has 2 aliphatic heterocycles. The van der Waals surface area contributed by atoms with Crippen LogP contribution >= 0.6 is 0 Å². The van der Waals surface area contributed by atoms with E-state index in [1.54, 1.807) is 0 Å². The first-order valence-electron chi connectivity index (χ1n) is 9.35. The molecule has 0 aromatic heterocycles. The fourth-order valence-corrected chi connectivity index (χ4v) is 4.48. The van der Waals surface area contributed by atoms with Gasteiger partial charge in [-0.05, 0) is 32.3 Å². The van der Waals surface area contributed by atoms with Crippen LogP contribution in [0.1, 0.15) is 56.2 Å². The molecule has 0 N–H and O–H groups in total. The summed E-state index contributed by atoms with van der Waals surface area (Å²) in [6.07, 6.45) is 4.06. The lowest BCUT2D eigenvalue weighted by atomic mass is 9.78. The zero-order valence-electron chi connectivity index (χ0n) is 15.1. The highest BCUT2D eigenvalue weighted by molar-refractivity contribution is 5.70. The third-order valence-corrected chi connectivity index (χ3v) is 5.97. The topological polar surface area (TPSA) is 48.0 Å². The normalized spacial score (nSPS) is 29.8. The standard InChI is InChI=1S/C20H27NO4/c1-15-4-6-17(7-5-15)16(2)21-11-10-19(25-18(21)22)8-3-9-20(14-19)23-12-13-24-20/h4-7,16H,3,8-14H2,1-2H3/t16-,19-/m0/s1. The molecule has 136 valence electrons. The Balaban J connectivity index is 1.46. The second kappa shape index (κ2) is 6.29. The minimum Gasteiger partial charge on any atom is -0.442 e. The van der Waals surface area contributed by atoms with E-state index < -0.39 is 11.4 Å². The Hall–Kier alpha value is -1.59. The highest BCUT2D eigenvalue weighted by Crippen LogP contribution is 2.46. The lowest BCUT2D eigenvalue weighted by Crippen LogP contribution is -2.55. The van der Waals surface area contributed by atoms with E-state index in [-0.39, 0.29) is 12.1 Å². The number of aryl methyl sites for hydroxylation is 1. The molecule has 1 aliphatic carbocycles. The fourth-order valence-electron chi connectivity index (χ4n) is 4.48. The summed E-state index contributed by atoms with van der Waals surface area (Å²) in [5.41, 5.74) is 1.93. The molecule has 5 nitrogen and oxygen atoms in total. The van der Waals surface area contributed by atoms with Crippen molar-refractivity contribution in [3.8, 4) is 0 Å². The van der Waals surface area contributed by atoms with E-state index in [1.807, 2.05) is 4.90 Å². The van der Waals surface area contributed by atoms with Crippen molar-refractivity contribution in [3.63, 3.8) is 0 Å². The molecule has 0 unspecified atom stereocenters. The van der Waals surface area contributed by atoms with Crippen molar-refractivity contribution in [3.05, 3.63) is 35.4 Å². The summed E-state index contributed by atoms with van der Waals surface area (Å²) in [6.45, 7) is 6.13. The fraction of sp³-hybridized carbons (Fsp3) is 0.650. The molecule has 0 bridgehead atoms. The van der Waals surface area contributed by atoms with Gasteiger partial charge in [0, 0.05) is 25.8 Å².